The Hall–Kier alpha value is -3.13. The highest BCUT2D eigenvalue weighted by Crippen LogP contribution is 2.14. The molecular weight excluding hydrogens is 262 g/mol. The van der Waals surface area contributed by atoms with E-state index < -0.39 is 0 Å². The van der Waals surface area contributed by atoms with Crippen molar-refractivity contribution in [3.63, 3.8) is 0 Å². The van der Waals surface area contributed by atoms with Crippen LogP contribution in [0.15, 0.2) is 53.6 Å². The summed E-state index contributed by atoms with van der Waals surface area (Å²) in [5.74, 6) is 0.458. The Morgan fingerprint density at radius 3 is 2.71 bits per heavy atom. The highest BCUT2D eigenvalue weighted by Gasteiger charge is 2.09. The molecule has 0 unspecified atom stereocenters. The lowest BCUT2D eigenvalue weighted by molar-refractivity contribution is 1.24. The summed E-state index contributed by atoms with van der Waals surface area (Å²) in [5, 5.41) is 13.4. The monoisotopic (exact) mass is 275 g/mol. The largest absolute Gasteiger partial charge is 0.336 e. The summed E-state index contributed by atoms with van der Waals surface area (Å²) in [7, 11) is 0. The highest BCUT2D eigenvalue weighted by molar-refractivity contribution is 6.10. The quantitative estimate of drug-likeness (QED) is 0.569. The van der Waals surface area contributed by atoms with E-state index in [2.05, 4.69) is 26.6 Å². The fourth-order valence-corrected chi connectivity index (χ4v) is 2.01. The topological polar surface area (TPSA) is 76.9 Å². The Balaban J connectivity index is 1.93. The molecule has 3 aromatic rings. The molecule has 21 heavy (non-hydrogen) atoms. The maximum atomic E-state index is 9.27. The van der Waals surface area contributed by atoms with Crippen LogP contribution in [-0.2, 0) is 0 Å². The molecule has 5 heteroatoms. The predicted octanol–water partition coefficient (Wildman–Crippen LogP) is 3.21. The molecule has 0 saturated heterocycles. The number of H-pyrrole nitrogens is 1. The minimum absolute atomic E-state index is 0.217. The van der Waals surface area contributed by atoms with Crippen molar-refractivity contribution < 1.29 is 0 Å². The third-order valence-electron chi connectivity index (χ3n) is 3.15. The molecule has 3 rings (SSSR count). The second-order valence-electron chi connectivity index (χ2n) is 4.60. The lowest BCUT2D eigenvalue weighted by Crippen LogP contribution is -2.04. The molecule has 0 bridgehead atoms. The van der Waals surface area contributed by atoms with E-state index in [0.29, 0.717) is 5.82 Å². The molecule has 2 N–H and O–H groups in total. The van der Waals surface area contributed by atoms with Gasteiger partial charge in [-0.05, 0) is 30.7 Å². The minimum atomic E-state index is 0.217. The summed E-state index contributed by atoms with van der Waals surface area (Å²) in [6.45, 7) is 1.98. The first-order valence-corrected chi connectivity index (χ1v) is 6.52. The number of nitrogens with one attached hydrogen (secondary N) is 2. The summed E-state index contributed by atoms with van der Waals surface area (Å²) in [5.41, 5.74) is 6.74. The maximum absolute atomic E-state index is 9.27. The summed E-state index contributed by atoms with van der Waals surface area (Å²) < 4.78 is 0. The second kappa shape index (κ2) is 5.47. The third kappa shape index (κ3) is 2.60. The van der Waals surface area contributed by atoms with Crippen LogP contribution < -0.4 is 5.43 Å². The van der Waals surface area contributed by atoms with E-state index in [-0.39, 0.29) is 5.71 Å². The molecule has 0 aliphatic carbocycles. The highest BCUT2D eigenvalue weighted by atomic mass is 15.3. The smallest absolute Gasteiger partial charge is 0.203 e. The van der Waals surface area contributed by atoms with Crippen molar-refractivity contribution in [2.75, 3.05) is 5.43 Å². The SMILES string of the molecule is Cc1ccccc1NN=C(C#N)c1nc2ccccc2[nH]1. The van der Waals surface area contributed by atoms with Crippen LogP contribution in [0.25, 0.3) is 11.0 Å². The third-order valence-corrected chi connectivity index (χ3v) is 3.15. The van der Waals surface area contributed by atoms with Gasteiger partial charge in [0.05, 0.1) is 16.7 Å². The van der Waals surface area contributed by atoms with E-state index in [1.54, 1.807) is 0 Å². The number of aryl methyl sites for hydroxylation is 1. The summed E-state index contributed by atoms with van der Waals surface area (Å²) >= 11 is 0. The van der Waals surface area contributed by atoms with Crippen LogP contribution in [0, 0.1) is 18.3 Å². The van der Waals surface area contributed by atoms with Crippen molar-refractivity contribution in [3.05, 3.63) is 59.9 Å². The Kier molecular flexibility index (Phi) is 3.36. The number of para-hydroxylation sites is 3. The van der Waals surface area contributed by atoms with Gasteiger partial charge >= 0.3 is 0 Å². The lowest BCUT2D eigenvalue weighted by atomic mass is 10.2. The van der Waals surface area contributed by atoms with Crippen molar-refractivity contribution in [2.24, 2.45) is 5.10 Å². The molecule has 1 aromatic heterocycles. The summed E-state index contributed by atoms with van der Waals surface area (Å²) in [4.78, 5) is 7.46. The number of aromatic amines is 1. The molecular formula is C16H13N5. The number of benzene rings is 2. The van der Waals surface area contributed by atoms with Crippen LogP contribution in [0.5, 0.6) is 0 Å². The molecule has 0 amide bonds. The first kappa shape index (κ1) is 12.9. The number of nitrogens with zero attached hydrogens (tertiary/aromatic N) is 3. The number of rotatable bonds is 3. The zero-order valence-corrected chi connectivity index (χ0v) is 11.5. The van der Waals surface area contributed by atoms with Gasteiger partial charge in [-0.3, -0.25) is 5.43 Å². The number of fused-ring (bicyclic) bond motifs is 1. The van der Waals surface area contributed by atoms with E-state index in [4.69, 9.17) is 0 Å². The molecule has 0 atom stereocenters. The lowest BCUT2D eigenvalue weighted by Gasteiger charge is -2.03. The van der Waals surface area contributed by atoms with Gasteiger partial charge in [-0.25, -0.2) is 4.98 Å². The van der Waals surface area contributed by atoms with Crippen molar-refractivity contribution in [1.29, 1.82) is 5.26 Å². The predicted molar refractivity (Wildman–Crippen MR) is 83.0 cm³/mol. The van der Waals surface area contributed by atoms with Gasteiger partial charge in [0.1, 0.15) is 6.07 Å². The van der Waals surface area contributed by atoms with Gasteiger partial charge in [-0.2, -0.15) is 10.4 Å². The number of hydrazone groups is 1. The van der Waals surface area contributed by atoms with Crippen molar-refractivity contribution in [3.8, 4) is 6.07 Å². The van der Waals surface area contributed by atoms with E-state index in [1.165, 1.54) is 0 Å². The van der Waals surface area contributed by atoms with Crippen LogP contribution in [0.2, 0.25) is 0 Å². The Morgan fingerprint density at radius 1 is 1.19 bits per heavy atom. The number of nitriles is 1. The van der Waals surface area contributed by atoms with Crippen molar-refractivity contribution in [1.82, 2.24) is 9.97 Å². The fraction of sp³-hybridized carbons (Fsp3) is 0.0625. The summed E-state index contributed by atoms with van der Waals surface area (Å²) in [6, 6.07) is 17.4. The van der Waals surface area contributed by atoms with E-state index in [1.807, 2.05) is 55.5 Å². The van der Waals surface area contributed by atoms with Gasteiger partial charge in [0, 0.05) is 0 Å². The van der Waals surface area contributed by atoms with Crippen LogP contribution in [0.3, 0.4) is 0 Å². The van der Waals surface area contributed by atoms with Gasteiger partial charge in [0.2, 0.25) is 5.71 Å². The maximum Gasteiger partial charge on any atom is 0.203 e. The molecule has 0 aliphatic heterocycles. The minimum Gasteiger partial charge on any atom is -0.336 e. The van der Waals surface area contributed by atoms with Crippen LogP contribution in [0.1, 0.15) is 11.4 Å². The van der Waals surface area contributed by atoms with E-state index >= 15 is 0 Å². The van der Waals surface area contributed by atoms with Gasteiger partial charge in [-0.15, -0.1) is 0 Å². The van der Waals surface area contributed by atoms with Crippen molar-refractivity contribution >= 4 is 22.4 Å². The molecule has 0 saturated carbocycles. The Bertz CT molecular complexity index is 821. The van der Waals surface area contributed by atoms with Crippen LogP contribution in [0.4, 0.5) is 5.69 Å². The molecule has 0 radical (unpaired) electrons. The van der Waals surface area contributed by atoms with Gasteiger partial charge in [0.25, 0.3) is 0 Å². The van der Waals surface area contributed by atoms with Gasteiger partial charge < -0.3 is 4.98 Å². The Labute approximate surface area is 122 Å². The number of hydrogen-bond donors (Lipinski definition) is 2. The average molecular weight is 275 g/mol. The molecule has 5 nitrogen and oxygen atoms in total. The molecule has 0 fully saturated rings. The second-order valence-corrected chi connectivity index (χ2v) is 4.60. The number of imidazole rings is 1. The number of hydrogen-bond acceptors (Lipinski definition) is 4. The van der Waals surface area contributed by atoms with E-state index in [9.17, 15) is 5.26 Å². The zero-order chi connectivity index (χ0) is 14.7. The Morgan fingerprint density at radius 2 is 1.95 bits per heavy atom. The standard InChI is InChI=1S/C16H13N5/c1-11-6-2-3-7-12(11)20-21-15(10-17)16-18-13-8-4-5-9-14(13)19-16/h2-9,20H,1H3,(H,18,19). The average Bonchev–Trinajstić information content (AvgIpc) is 2.93. The fourth-order valence-electron chi connectivity index (χ4n) is 2.01. The first-order valence-electron chi connectivity index (χ1n) is 6.52. The molecule has 102 valence electrons. The molecule has 1 heterocycles. The van der Waals surface area contributed by atoms with Crippen molar-refractivity contribution in [2.45, 2.75) is 6.92 Å². The van der Waals surface area contributed by atoms with Gasteiger partial charge in [-0.1, -0.05) is 30.3 Å². The number of anilines is 1. The molecule has 0 spiro atoms. The summed E-state index contributed by atoms with van der Waals surface area (Å²) in [6.07, 6.45) is 0. The normalized spacial score (nSPS) is 11.3. The molecule has 0 aliphatic rings. The first-order chi connectivity index (χ1) is 10.3. The molecule has 2 aromatic carbocycles. The van der Waals surface area contributed by atoms with Gasteiger partial charge in [0.15, 0.2) is 5.82 Å². The number of aromatic nitrogens is 2. The zero-order valence-electron chi connectivity index (χ0n) is 11.5. The van der Waals surface area contributed by atoms with E-state index in [0.717, 1.165) is 22.3 Å². The van der Waals surface area contributed by atoms with Crippen LogP contribution >= 0.6 is 0 Å². The van der Waals surface area contributed by atoms with Crippen LogP contribution in [-0.4, -0.2) is 15.7 Å².